The molecule has 2 aromatic carbocycles. The fourth-order valence-corrected chi connectivity index (χ4v) is 2.01. The fourth-order valence-electron chi connectivity index (χ4n) is 1.83. The summed E-state index contributed by atoms with van der Waals surface area (Å²) < 4.78 is 0. The molecule has 0 heterocycles. The number of halogens is 1. The minimum atomic E-state index is 0.550. The van der Waals surface area contributed by atoms with Gasteiger partial charge in [-0.15, -0.1) is 0 Å². The first-order valence-corrected chi connectivity index (χ1v) is 6.35. The predicted octanol–water partition coefficient (Wildman–Crippen LogP) is 3.78. The molecule has 0 aliphatic rings. The van der Waals surface area contributed by atoms with Gasteiger partial charge in [-0.3, -0.25) is 5.01 Å². The van der Waals surface area contributed by atoms with E-state index in [1.54, 1.807) is 6.07 Å². The number of nitrogens with two attached hydrogens (primary N) is 1. The van der Waals surface area contributed by atoms with Crippen LogP contribution in [0.5, 0.6) is 0 Å². The van der Waals surface area contributed by atoms with Crippen LogP contribution in [0.15, 0.2) is 53.6 Å². The largest absolute Gasteiger partial charge is 0.397 e. The van der Waals surface area contributed by atoms with E-state index in [1.165, 1.54) is 0 Å². The zero-order valence-corrected chi connectivity index (χ0v) is 11.7. The maximum atomic E-state index is 6.02. The van der Waals surface area contributed by atoms with E-state index in [4.69, 9.17) is 17.3 Å². The van der Waals surface area contributed by atoms with Gasteiger partial charge in [-0.05, 0) is 25.1 Å². The number of rotatable bonds is 3. The Hall–Kier alpha value is -2.00. The van der Waals surface area contributed by atoms with Crippen LogP contribution in [-0.2, 0) is 0 Å². The summed E-state index contributed by atoms with van der Waals surface area (Å²) in [4.78, 5) is 0. The molecule has 0 radical (unpaired) electrons. The third-order valence-electron chi connectivity index (χ3n) is 2.87. The second-order valence-electron chi connectivity index (χ2n) is 4.25. The minimum absolute atomic E-state index is 0.550. The molecule has 2 aromatic rings. The number of benzene rings is 2. The van der Waals surface area contributed by atoms with Crippen LogP contribution in [0.1, 0.15) is 12.5 Å². The van der Waals surface area contributed by atoms with Gasteiger partial charge in [-0.25, -0.2) is 0 Å². The molecule has 3 nitrogen and oxygen atoms in total. The van der Waals surface area contributed by atoms with Crippen molar-refractivity contribution in [2.24, 2.45) is 5.10 Å². The van der Waals surface area contributed by atoms with E-state index in [0.29, 0.717) is 10.7 Å². The van der Waals surface area contributed by atoms with Gasteiger partial charge in [0, 0.05) is 12.6 Å². The average Bonchev–Trinajstić information content (AvgIpc) is 2.42. The van der Waals surface area contributed by atoms with Gasteiger partial charge in [-0.1, -0.05) is 41.9 Å². The smallest absolute Gasteiger partial charge is 0.0672 e. The number of para-hydroxylation sites is 2. The van der Waals surface area contributed by atoms with Crippen molar-refractivity contribution < 1.29 is 0 Å². The summed E-state index contributed by atoms with van der Waals surface area (Å²) in [6.07, 6.45) is 0. The molecule has 0 aliphatic carbocycles. The van der Waals surface area contributed by atoms with Crippen LogP contribution >= 0.6 is 11.6 Å². The Kier molecular flexibility index (Phi) is 4.07. The zero-order valence-electron chi connectivity index (χ0n) is 11.0. The molecule has 0 amide bonds. The standard InChI is InChI=1S/C15H16ClN3/c1-11(13-9-6-10-14(16)15(13)17)18-19(2)12-7-4-3-5-8-12/h3-10H,17H2,1-2H3/b18-11+. The monoisotopic (exact) mass is 273 g/mol. The van der Waals surface area contributed by atoms with E-state index in [9.17, 15) is 0 Å². The molecule has 0 fully saturated rings. The molecule has 0 saturated heterocycles. The minimum Gasteiger partial charge on any atom is -0.397 e. The maximum Gasteiger partial charge on any atom is 0.0672 e. The normalized spacial score (nSPS) is 11.4. The molecule has 2 N–H and O–H groups in total. The van der Waals surface area contributed by atoms with Gasteiger partial charge in [0.15, 0.2) is 0 Å². The van der Waals surface area contributed by atoms with Gasteiger partial charge >= 0.3 is 0 Å². The SMILES string of the molecule is C/C(=N\N(C)c1ccccc1)c1cccc(Cl)c1N. The molecule has 4 heteroatoms. The van der Waals surface area contributed by atoms with E-state index in [1.807, 2.05) is 61.4 Å². The Bertz CT molecular complexity index is 594. The van der Waals surface area contributed by atoms with Crippen molar-refractivity contribution in [2.45, 2.75) is 6.92 Å². The molecule has 19 heavy (non-hydrogen) atoms. The number of hydrogen-bond donors (Lipinski definition) is 1. The molecule has 0 atom stereocenters. The molecule has 0 saturated carbocycles. The van der Waals surface area contributed by atoms with Crippen LogP contribution in [0.25, 0.3) is 0 Å². The third kappa shape index (κ3) is 3.06. The molecular formula is C15H16ClN3. The van der Waals surface area contributed by atoms with Crippen molar-refractivity contribution in [1.82, 2.24) is 0 Å². The third-order valence-corrected chi connectivity index (χ3v) is 3.20. The molecular weight excluding hydrogens is 258 g/mol. The van der Waals surface area contributed by atoms with Gasteiger partial charge in [0.05, 0.1) is 22.1 Å². The Morgan fingerprint density at radius 3 is 2.47 bits per heavy atom. The van der Waals surface area contributed by atoms with Gasteiger partial charge in [-0.2, -0.15) is 5.10 Å². The van der Waals surface area contributed by atoms with Crippen molar-refractivity contribution in [3.63, 3.8) is 0 Å². The summed E-state index contributed by atoms with van der Waals surface area (Å²) in [5, 5.41) is 6.90. The molecule has 0 aliphatic heterocycles. The van der Waals surface area contributed by atoms with Crippen molar-refractivity contribution >= 4 is 28.7 Å². The highest BCUT2D eigenvalue weighted by atomic mass is 35.5. The maximum absolute atomic E-state index is 6.02. The van der Waals surface area contributed by atoms with Gasteiger partial charge in [0.2, 0.25) is 0 Å². The Balaban J connectivity index is 2.31. The van der Waals surface area contributed by atoms with E-state index < -0.39 is 0 Å². The molecule has 0 unspecified atom stereocenters. The summed E-state index contributed by atoms with van der Waals surface area (Å²) >= 11 is 6.02. The van der Waals surface area contributed by atoms with Crippen LogP contribution in [0.4, 0.5) is 11.4 Å². The molecule has 2 rings (SSSR count). The number of hydrogen-bond acceptors (Lipinski definition) is 3. The molecule has 0 aromatic heterocycles. The predicted molar refractivity (Wildman–Crippen MR) is 82.9 cm³/mol. The number of hydrazone groups is 1. The van der Waals surface area contributed by atoms with E-state index in [-0.39, 0.29) is 0 Å². The number of anilines is 2. The fraction of sp³-hybridized carbons (Fsp3) is 0.133. The van der Waals surface area contributed by atoms with E-state index in [0.717, 1.165) is 17.0 Å². The topological polar surface area (TPSA) is 41.6 Å². The zero-order chi connectivity index (χ0) is 13.8. The van der Waals surface area contributed by atoms with Gasteiger partial charge in [0.1, 0.15) is 0 Å². The highest BCUT2D eigenvalue weighted by molar-refractivity contribution is 6.34. The lowest BCUT2D eigenvalue weighted by Crippen LogP contribution is -2.13. The Morgan fingerprint density at radius 2 is 1.79 bits per heavy atom. The lowest BCUT2D eigenvalue weighted by atomic mass is 10.1. The molecule has 98 valence electrons. The summed E-state index contributed by atoms with van der Waals surface area (Å²) in [5.74, 6) is 0. The van der Waals surface area contributed by atoms with Crippen LogP contribution < -0.4 is 10.7 Å². The van der Waals surface area contributed by atoms with Crippen LogP contribution in [0.3, 0.4) is 0 Å². The van der Waals surface area contributed by atoms with Crippen molar-refractivity contribution in [3.8, 4) is 0 Å². The summed E-state index contributed by atoms with van der Waals surface area (Å²) in [7, 11) is 1.90. The van der Waals surface area contributed by atoms with Crippen LogP contribution in [-0.4, -0.2) is 12.8 Å². The first kappa shape index (κ1) is 13.4. The number of nitrogen functional groups attached to an aromatic ring is 1. The quantitative estimate of drug-likeness (QED) is 0.525. The lowest BCUT2D eigenvalue weighted by Gasteiger charge is -2.15. The average molecular weight is 274 g/mol. The number of nitrogens with zero attached hydrogens (tertiary/aromatic N) is 2. The van der Waals surface area contributed by atoms with E-state index >= 15 is 0 Å². The molecule has 0 bridgehead atoms. The highest BCUT2D eigenvalue weighted by Crippen LogP contribution is 2.23. The first-order valence-electron chi connectivity index (χ1n) is 5.98. The second-order valence-corrected chi connectivity index (χ2v) is 4.65. The van der Waals surface area contributed by atoms with Crippen molar-refractivity contribution in [2.75, 3.05) is 17.8 Å². The van der Waals surface area contributed by atoms with Crippen molar-refractivity contribution in [1.29, 1.82) is 0 Å². The Labute approximate surface area is 118 Å². The van der Waals surface area contributed by atoms with Crippen LogP contribution in [0, 0.1) is 0 Å². The molecule has 0 spiro atoms. The summed E-state index contributed by atoms with van der Waals surface area (Å²) in [6.45, 7) is 1.92. The second kappa shape index (κ2) is 5.76. The van der Waals surface area contributed by atoms with E-state index in [2.05, 4.69) is 5.10 Å². The summed E-state index contributed by atoms with van der Waals surface area (Å²) in [5.41, 5.74) is 9.23. The lowest BCUT2D eigenvalue weighted by molar-refractivity contribution is 1.01. The van der Waals surface area contributed by atoms with Crippen molar-refractivity contribution in [3.05, 3.63) is 59.1 Å². The first-order chi connectivity index (χ1) is 9.09. The van der Waals surface area contributed by atoms with Gasteiger partial charge in [0.25, 0.3) is 0 Å². The summed E-state index contributed by atoms with van der Waals surface area (Å²) in [6, 6.07) is 15.5. The Morgan fingerprint density at radius 1 is 1.11 bits per heavy atom. The highest BCUT2D eigenvalue weighted by Gasteiger charge is 2.07. The van der Waals surface area contributed by atoms with Gasteiger partial charge < -0.3 is 5.73 Å². The van der Waals surface area contributed by atoms with Crippen LogP contribution in [0.2, 0.25) is 5.02 Å².